The van der Waals surface area contributed by atoms with E-state index in [1.807, 2.05) is 18.2 Å². The van der Waals surface area contributed by atoms with Gasteiger partial charge in [0, 0.05) is 6.20 Å². The van der Waals surface area contributed by atoms with Crippen molar-refractivity contribution < 1.29 is 9.53 Å². The number of rotatable bonds is 3. The Morgan fingerprint density at radius 1 is 1.50 bits per heavy atom. The van der Waals surface area contributed by atoms with E-state index in [2.05, 4.69) is 21.0 Å². The number of aromatic nitrogens is 2. The van der Waals surface area contributed by atoms with Gasteiger partial charge in [-0.1, -0.05) is 23.7 Å². The van der Waals surface area contributed by atoms with E-state index in [0.717, 1.165) is 0 Å². The molecule has 0 aliphatic carbocycles. The van der Waals surface area contributed by atoms with Gasteiger partial charge in [0.25, 0.3) is 0 Å². The average Bonchev–Trinajstić information content (AvgIpc) is 2.72. The lowest BCUT2D eigenvalue weighted by atomic mass is 10.3. The summed E-state index contributed by atoms with van der Waals surface area (Å²) in [6.07, 6.45) is 1.67. The van der Waals surface area contributed by atoms with Crippen LogP contribution < -0.4 is 0 Å². The van der Waals surface area contributed by atoms with Crippen molar-refractivity contribution in [3.8, 4) is 5.69 Å². The van der Waals surface area contributed by atoms with E-state index in [1.165, 1.54) is 0 Å². The first-order chi connectivity index (χ1) is 8.63. The van der Waals surface area contributed by atoms with E-state index in [9.17, 15) is 4.79 Å². The highest BCUT2D eigenvalue weighted by Crippen LogP contribution is 2.23. The standard InChI is InChI=1S/C12H10BrClN2O2/c1-2-18-12(17)11-8(13)7-16(15-11)10-6-4-3-5-9(10)14/h3-7H,2H2,1H3. The van der Waals surface area contributed by atoms with Crippen LogP contribution in [0, 0.1) is 0 Å². The SMILES string of the molecule is CCOC(=O)c1nn(-c2ccccc2Cl)cc1Br. The van der Waals surface area contributed by atoms with Gasteiger partial charge in [-0.2, -0.15) is 5.10 Å². The van der Waals surface area contributed by atoms with Crippen molar-refractivity contribution in [2.45, 2.75) is 6.92 Å². The van der Waals surface area contributed by atoms with Crippen LogP contribution in [0.4, 0.5) is 0 Å². The second-order valence-corrected chi connectivity index (χ2v) is 4.70. The van der Waals surface area contributed by atoms with Crippen molar-refractivity contribution in [3.05, 3.63) is 45.7 Å². The monoisotopic (exact) mass is 328 g/mol. The number of carbonyl (C=O) groups excluding carboxylic acids is 1. The quantitative estimate of drug-likeness (QED) is 0.810. The third kappa shape index (κ3) is 2.57. The predicted octanol–water partition coefficient (Wildman–Crippen LogP) is 3.46. The van der Waals surface area contributed by atoms with E-state index in [-0.39, 0.29) is 5.69 Å². The molecule has 0 atom stereocenters. The molecule has 0 radical (unpaired) electrons. The number of hydrogen-bond donors (Lipinski definition) is 0. The molecule has 2 rings (SSSR count). The molecule has 6 heteroatoms. The summed E-state index contributed by atoms with van der Waals surface area (Å²) in [6.45, 7) is 2.06. The van der Waals surface area contributed by atoms with Gasteiger partial charge in [0.05, 0.1) is 21.8 Å². The number of esters is 1. The molecule has 1 aromatic carbocycles. The Labute approximate surface area is 118 Å². The average molecular weight is 330 g/mol. The highest BCUT2D eigenvalue weighted by molar-refractivity contribution is 9.10. The first-order valence-electron chi connectivity index (χ1n) is 5.30. The molecule has 0 spiro atoms. The molecule has 0 aliphatic rings. The Bertz CT molecular complexity index is 583. The largest absolute Gasteiger partial charge is 0.461 e. The summed E-state index contributed by atoms with van der Waals surface area (Å²) in [5.41, 5.74) is 0.937. The number of para-hydroxylation sites is 1. The maximum Gasteiger partial charge on any atom is 0.360 e. The molecule has 2 aromatic rings. The minimum absolute atomic E-state index is 0.233. The Morgan fingerprint density at radius 3 is 2.89 bits per heavy atom. The third-order valence-corrected chi connectivity index (χ3v) is 3.14. The Kier molecular flexibility index (Phi) is 4.04. The first-order valence-corrected chi connectivity index (χ1v) is 6.47. The fourth-order valence-electron chi connectivity index (χ4n) is 1.45. The molecule has 0 unspecified atom stereocenters. The fourth-order valence-corrected chi connectivity index (χ4v) is 2.11. The van der Waals surface area contributed by atoms with Crippen LogP contribution in [0.2, 0.25) is 5.02 Å². The maximum atomic E-state index is 11.6. The zero-order valence-electron chi connectivity index (χ0n) is 9.56. The van der Waals surface area contributed by atoms with Gasteiger partial charge in [0.2, 0.25) is 0 Å². The Hall–Kier alpha value is -1.33. The molecular formula is C12H10BrClN2O2. The van der Waals surface area contributed by atoms with Crippen molar-refractivity contribution >= 4 is 33.5 Å². The molecular weight excluding hydrogens is 320 g/mol. The van der Waals surface area contributed by atoms with E-state index in [0.29, 0.717) is 21.8 Å². The van der Waals surface area contributed by atoms with E-state index in [1.54, 1.807) is 23.9 Å². The lowest BCUT2D eigenvalue weighted by molar-refractivity contribution is 0.0518. The van der Waals surface area contributed by atoms with Gasteiger partial charge >= 0.3 is 5.97 Å². The molecule has 0 saturated heterocycles. The van der Waals surface area contributed by atoms with Crippen LogP contribution in [0.1, 0.15) is 17.4 Å². The number of carbonyl (C=O) groups is 1. The second kappa shape index (κ2) is 5.54. The topological polar surface area (TPSA) is 44.1 Å². The van der Waals surface area contributed by atoms with E-state index >= 15 is 0 Å². The minimum Gasteiger partial charge on any atom is -0.461 e. The smallest absolute Gasteiger partial charge is 0.360 e. The lowest BCUT2D eigenvalue weighted by Crippen LogP contribution is -2.07. The summed E-state index contributed by atoms with van der Waals surface area (Å²) >= 11 is 9.35. The minimum atomic E-state index is -0.463. The number of halogens is 2. The van der Waals surface area contributed by atoms with Crippen LogP contribution in [-0.2, 0) is 4.74 Å². The van der Waals surface area contributed by atoms with Crippen molar-refractivity contribution in [1.29, 1.82) is 0 Å². The lowest BCUT2D eigenvalue weighted by Gasteiger charge is -2.02. The molecule has 94 valence electrons. The number of hydrogen-bond acceptors (Lipinski definition) is 3. The molecule has 4 nitrogen and oxygen atoms in total. The molecule has 1 heterocycles. The Balaban J connectivity index is 2.41. The zero-order chi connectivity index (χ0) is 13.1. The second-order valence-electron chi connectivity index (χ2n) is 3.44. The van der Waals surface area contributed by atoms with Crippen molar-refractivity contribution in [1.82, 2.24) is 9.78 Å². The van der Waals surface area contributed by atoms with Gasteiger partial charge < -0.3 is 4.74 Å². The number of ether oxygens (including phenoxy) is 1. The van der Waals surface area contributed by atoms with Crippen molar-refractivity contribution in [2.75, 3.05) is 6.61 Å². The molecule has 18 heavy (non-hydrogen) atoms. The van der Waals surface area contributed by atoms with Gasteiger partial charge in [-0.15, -0.1) is 0 Å². The van der Waals surface area contributed by atoms with Gasteiger partial charge in [0.15, 0.2) is 5.69 Å². The fraction of sp³-hybridized carbons (Fsp3) is 0.167. The molecule has 1 aromatic heterocycles. The van der Waals surface area contributed by atoms with Crippen LogP contribution in [0.3, 0.4) is 0 Å². The predicted molar refractivity (Wildman–Crippen MR) is 72.2 cm³/mol. The van der Waals surface area contributed by atoms with Crippen LogP contribution in [0.5, 0.6) is 0 Å². The van der Waals surface area contributed by atoms with Crippen LogP contribution in [0.25, 0.3) is 5.69 Å². The zero-order valence-corrected chi connectivity index (χ0v) is 11.9. The van der Waals surface area contributed by atoms with Crippen LogP contribution in [0.15, 0.2) is 34.9 Å². The van der Waals surface area contributed by atoms with Gasteiger partial charge in [-0.25, -0.2) is 9.48 Å². The molecule has 0 saturated carbocycles. The first kappa shape index (κ1) is 13.1. The highest BCUT2D eigenvalue weighted by atomic mass is 79.9. The van der Waals surface area contributed by atoms with Crippen molar-refractivity contribution in [3.63, 3.8) is 0 Å². The summed E-state index contributed by atoms with van der Waals surface area (Å²) in [7, 11) is 0. The molecule has 0 N–H and O–H groups in total. The van der Waals surface area contributed by atoms with Crippen LogP contribution >= 0.6 is 27.5 Å². The summed E-state index contributed by atoms with van der Waals surface area (Å²) in [5.74, 6) is -0.463. The highest BCUT2D eigenvalue weighted by Gasteiger charge is 2.17. The van der Waals surface area contributed by atoms with Crippen molar-refractivity contribution in [2.24, 2.45) is 0 Å². The van der Waals surface area contributed by atoms with E-state index < -0.39 is 5.97 Å². The summed E-state index contributed by atoms with van der Waals surface area (Å²) in [4.78, 5) is 11.6. The number of benzene rings is 1. The van der Waals surface area contributed by atoms with E-state index in [4.69, 9.17) is 16.3 Å². The molecule has 0 bridgehead atoms. The molecule has 0 fully saturated rings. The van der Waals surface area contributed by atoms with Gasteiger partial charge in [-0.05, 0) is 35.0 Å². The van der Waals surface area contributed by atoms with Gasteiger partial charge in [-0.3, -0.25) is 0 Å². The normalized spacial score (nSPS) is 10.4. The molecule has 0 amide bonds. The third-order valence-electron chi connectivity index (χ3n) is 2.24. The summed E-state index contributed by atoms with van der Waals surface area (Å²) < 4.78 is 7.02. The summed E-state index contributed by atoms with van der Waals surface area (Å²) in [6, 6.07) is 7.25. The Morgan fingerprint density at radius 2 is 2.22 bits per heavy atom. The van der Waals surface area contributed by atoms with Gasteiger partial charge in [0.1, 0.15) is 0 Å². The maximum absolute atomic E-state index is 11.6. The number of nitrogens with zero attached hydrogens (tertiary/aromatic N) is 2. The van der Waals surface area contributed by atoms with Crippen LogP contribution in [-0.4, -0.2) is 22.4 Å². The summed E-state index contributed by atoms with van der Waals surface area (Å²) in [5, 5.41) is 4.73. The molecule has 0 aliphatic heterocycles.